The molecule has 0 spiro atoms. The Bertz CT molecular complexity index is 1120. The van der Waals surface area contributed by atoms with E-state index in [-0.39, 0.29) is 67.0 Å². The summed E-state index contributed by atoms with van der Waals surface area (Å²) in [6.45, 7) is 0. The summed E-state index contributed by atoms with van der Waals surface area (Å²) in [6, 6.07) is 1.49. The Hall–Kier alpha value is 0.290. The molecule has 0 fully saturated rings. The molecule has 0 amide bonds. The fourth-order valence-electron chi connectivity index (χ4n) is 2.49. The lowest BCUT2D eigenvalue weighted by Crippen LogP contribution is -1.97. The van der Waals surface area contributed by atoms with Crippen molar-refractivity contribution in [3.63, 3.8) is 0 Å². The largest absolute Gasteiger partial charge is 0.398 e. The van der Waals surface area contributed by atoms with Crippen molar-refractivity contribution in [3.8, 4) is 22.4 Å². The van der Waals surface area contributed by atoms with Crippen LogP contribution in [0.2, 0.25) is 50.2 Å². The first-order chi connectivity index (χ1) is 13.5. The molecule has 0 radical (unpaired) electrons. The molecule has 3 rings (SSSR count). The van der Waals surface area contributed by atoms with Gasteiger partial charge < -0.3 is 5.73 Å². The SMILES string of the molecule is Nc1cc(-c2c(Cl)c(Cl)c(Cl)c(Cl)c2Cl)ncc1-c1c(Cl)c(Cl)c(Cl)c(Cl)c1Cl. The summed E-state index contributed by atoms with van der Waals surface area (Å²) < 4.78 is 0. The summed E-state index contributed by atoms with van der Waals surface area (Å²) in [5.41, 5.74) is 7.63. The Balaban J connectivity index is 2.26. The fraction of sp³-hybridized carbons (Fsp3) is 0. The van der Waals surface area contributed by atoms with Gasteiger partial charge in [-0.15, -0.1) is 0 Å². The zero-order valence-corrected chi connectivity index (χ0v) is 21.0. The first kappa shape index (κ1) is 23.9. The van der Waals surface area contributed by atoms with Crippen LogP contribution < -0.4 is 5.73 Å². The molecule has 0 aliphatic carbocycles. The average molecular weight is 591 g/mol. The minimum Gasteiger partial charge on any atom is -0.398 e. The maximum absolute atomic E-state index is 6.31. The molecule has 12 heteroatoms. The maximum atomic E-state index is 6.31. The number of hydrogen-bond acceptors (Lipinski definition) is 2. The number of rotatable bonds is 2. The summed E-state index contributed by atoms with van der Waals surface area (Å²) in [4.78, 5) is 4.34. The van der Waals surface area contributed by atoms with E-state index in [1.54, 1.807) is 0 Å². The Morgan fingerprint density at radius 3 is 1.24 bits per heavy atom. The van der Waals surface area contributed by atoms with Crippen LogP contribution in [0.25, 0.3) is 22.4 Å². The third-order valence-corrected chi connectivity index (χ3v) is 8.43. The number of aromatic nitrogens is 1. The van der Waals surface area contributed by atoms with Crippen LogP contribution in [0.1, 0.15) is 0 Å². The van der Waals surface area contributed by atoms with E-state index in [1.165, 1.54) is 12.3 Å². The Morgan fingerprint density at radius 2 is 0.862 bits per heavy atom. The van der Waals surface area contributed by atoms with Crippen molar-refractivity contribution in [1.82, 2.24) is 4.98 Å². The molecule has 1 aromatic heterocycles. The van der Waals surface area contributed by atoms with Crippen LogP contribution in [0.3, 0.4) is 0 Å². The van der Waals surface area contributed by atoms with E-state index in [0.29, 0.717) is 11.3 Å². The van der Waals surface area contributed by atoms with Crippen molar-refractivity contribution in [2.45, 2.75) is 0 Å². The normalized spacial score (nSPS) is 11.2. The van der Waals surface area contributed by atoms with Gasteiger partial charge in [-0.25, -0.2) is 0 Å². The number of anilines is 1. The predicted octanol–water partition coefficient (Wildman–Crippen LogP) is 10.5. The molecule has 0 saturated heterocycles. The van der Waals surface area contributed by atoms with E-state index < -0.39 is 0 Å². The molecule has 2 nitrogen and oxygen atoms in total. The number of nitrogens with two attached hydrogens (primary N) is 1. The number of benzene rings is 2. The van der Waals surface area contributed by atoms with Gasteiger partial charge in [-0.05, 0) is 6.07 Å². The lowest BCUT2D eigenvalue weighted by molar-refractivity contribution is 1.33. The molecule has 0 aliphatic heterocycles. The molecule has 1 heterocycles. The van der Waals surface area contributed by atoms with E-state index in [9.17, 15) is 0 Å². The van der Waals surface area contributed by atoms with Gasteiger partial charge in [0.15, 0.2) is 0 Å². The van der Waals surface area contributed by atoms with Crippen LogP contribution in [0.4, 0.5) is 5.69 Å². The van der Waals surface area contributed by atoms with Crippen molar-refractivity contribution in [1.29, 1.82) is 0 Å². The number of hydrogen-bond donors (Lipinski definition) is 1. The van der Waals surface area contributed by atoms with Crippen molar-refractivity contribution < 1.29 is 0 Å². The quantitative estimate of drug-likeness (QED) is 0.238. The van der Waals surface area contributed by atoms with E-state index >= 15 is 0 Å². The molecular formula is C17H4Cl10N2. The van der Waals surface area contributed by atoms with Crippen LogP contribution in [0.5, 0.6) is 0 Å². The van der Waals surface area contributed by atoms with Gasteiger partial charge in [0, 0.05) is 28.6 Å². The standard InChI is InChI=1S/C17H4Cl10N2/c18-8-6(9(19)13(23)16(26)12(8)22)3-2-29-5(1-4(3)28)7-10(20)14(24)17(27)15(25)11(7)21/h1-2H,(H2,28,29). The highest BCUT2D eigenvalue weighted by Crippen LogP contribution is 2.51. The summed E-state index contributed by atoms with van der Waals surface area (Å²) >= 11 is 61.8. The maximum Gasteiger partial charge on any atom is 0.0809 e. The smallest absolute Gasteiger partial charge is 0.0809 e. The number of halogens is 10. The van der Waals surface area contributed by atoms with Gasteiger partial charge in [-0.3, -0.25) is 4.98 Å². The van der Waals surface area contributed by atoms with Crippen molar-refractivity contribution in [3.05, 3.63) is 62.5 Å². The molecule has 2 N–H and O–H groups in total. The molecule has 0 saturated carbocycles. The number of nitrogens with zero attached hydrogens (tertiary/aromatic N) is 1. The van der Waals surface area contributed by atoms with Crippen molar-refractivity contribution in [2.24, 2.45) is 0 Å². The molecule has 152 valence electrons. The van der Waals surface area contributed by atoms with E-state index in [4.69, 9.17) is 122 Å². The zero-order valence-electron chi connectivity index (χ0n) is 13.5. The third kappa shape index (κ3) is 4.07. The third-order valence-electron chi connectivity index (χ3n) is 3.88. The summed E-state index contributed by atoms with van der Waals surface area (Å²) in [7, 11) is 0. The van der Waals surface area contributed by atoms with Gasteiger partial charge in [0.2, 0.25) is 0 Å². The minimum atomic E-state index is 0.0271. The average Bonchev–Trinajstić information content (AvgIpc) is 2.69. The second-order valence-corrected chi connectivity index (χ2v) is 9.33. The van der Waals surface area contributed by atoms with Crippen LogP contribution >= 0.6 is 116 Å². The van der Waals surface area contributed by atoms with Crippen LogP contribution in [0.15, 0.2) is 12.3 Å². The monoisotopic (exact) mass is 586 g/mol. The Kier molecular flexibility index (Phi) is 7.46. The summed E-state index contributed by atoms with van der Waals surface area (Å²) in [5.74, 6) is 0. The minimum absolute atomic E-state index is 0.0271. The van der Waals surface area contributed by atoms with Gasteiger partial charge in [-0.2, -0.15) is 0 Å². The second-order valence-electron chi connectivity index (χ2n) is 5.55. The molecule has 0 atom stereocenters. The Morgan fingerprint density at radius 1 is 0.517 bits per heavy atom. The molecule has 2 aromatic carbocycles. The summed E-state index contributed by atoms with van der Waals surface area (Å²) in [5, 5.41) is 0.460. The zero-order chi connectivity index (χ0) is 21.8. The first-order valence-electron chi connectivity index (χ1n) is 7.28. The van der Waals surface area contributed by atoms with Gasteiger partial charge in [0.1, 0.15) is 0 Å². The topological polar surface area (TPSA) is 38.9 Å². The van der Waals surface area contributed by atoms with Gasteiger partial charge in [-0.1, -0.05) is 116 Å². The predicted molar refractivity (Wildman–Crippen MR) is 130 cm³/mol. The highest BCUT2D eigenvalue weighted by Gasteiger charge is 2.24. The number of pyridine rings is 1. The fourth-order valence-corrected chi connectivity index (χ4v) is 5.16. The van der Waals surface area contributed by atoms with Crippen molar-refractivity contribution in [2.75, 3.05) is 5.73 Å². The van der Waals surface area contributed by atoms with Crippen LogP contribution in [-0.2, 0) is 0 Å². The van der Waals surface area contributed by atoms with Gasteiger partial charge in [0.05, 0.1) is 55.9 Å². The molecule has 29 heavy (non-hydrogen) atoms. The highest BCUT2D eigenvalue weighted by atomic mass is 35.5. The van der Waals surface area contributed by atoms with E-state index in [0.717, 1.165) is 0 Å². The lowest BCUT2D eigenvalue weighted by Gasteiger charge is -2.16. The van der Waals surface area contributed by atoms with E-state index in [1.807, 2.05) is 0 Å². The summed E-state index contributed by atoms with van der Waals surface area (Å²) in [6.07, 6.45) is 1.40. The first-order valence-corrected chi connectivity index (χ1v) is 11.1. The molecule has 0 bridgehead atoms. The number of nitrogen functional groups attached to an aromatic ring is 1. The molecule has 0 aliphatic rings. The molecular weight excluding hydrogens is 587 g/mol. The Labute approximate surface area is 215 Å². The lowest BCUT2D eigenvalue weighted by atomic mass is 10.0. The van der Waals surface area contributed by atoms with Crippen LogP contribution in [0, 0.1) is 0 Å². The second kappa shape index (κ2) is 9.03. The van der Waals surface area contributed by atoms with Crippen molar-refractivity contribution >= 4 is 122 Å². The highest BCUT2D eigenvalue weighted by molar-refractivity contribution is 6.57. The van der Waals surface area contributed by atoms with Crippen LogP contribution in [-0.4, -0.2) is 4.98 Å². The molecule has 0 unspecified atom stereocenters. The van der Waals surface area contributed by atoms with Gasteiger partial charge in [0.25, 0.3) is 0 Å². The van der Waals surface area contributed by atoms with E-state index in [2.05, 4.69) is 4.98 Å². The van der Waals surface area contributed by atoms with Gasteiger partial charge >= 0.3 is 0 Å². The molecule has 3 aromatic rings.